The predicted molar refractivity (Wildman–Crippen MR) is 196 cm³/mol. The lowest BCUT2D eigenvalue weighted by molar-refractivity contribution is -0.382. The van der Waals surface area contributed by atoms with Gasteiger partial charge in [-0.15, -0.1) is 0 Å². The van der Waals surface area contributed by atoms with Crippen LogP contribution >= 0.6 is 10.3 Å². The van der Waals surface area contributed by atoms with Gasteiger partial charge in [-0.1, -0.05) is 115 Å². The molecule has 3 aromatic rings. The van der Waals surface area contributed by atoms with E-state index in [-0.39, 0.29) is 14.7 Å². The van der Waals surface area contributed by atoms with E-state index in [9.17, 15) is 39.2 Å². The highest BCUT2D eigenvalue weighted by molar-refractivity contribution is 8.33. The smallest absolute Gasteiger partial charge is 0.202 e. The average molecular weight is 815 g/mol. The Bertz CT molecular complexity index is 1540. The summed E-state index contributed by atoms with van der Waals surface area (Å²) in [6, 6.07) is 18.0. The number of halogens is 9. The van der Waals surface area contributed by atoms with E-state index in [1.807, 2.05) is 20.8 Å². The monoisotopic (exact) mass is 814 g/mol. The largest absolute Gasteiger partial charge is 0.460 e. The molecule has 0 radical (unpaired) electrons. The minimum atomic E-state index is -7.45. The van der Waals surface area contributed by atoms with Gasteiger partial charge < -0.3 is 0 Å². The zero-order chi connectivity index (χ0) is 40.3. The maximum atomic E-state index is 15.5. The second kappa shape index (κ2) is 19.4. The van der Waals surface area contributed by atoms with Crippen molar-refractivity contribution in [2.45, 2.75) is 155 Å². The van der Waals surface area contributed by atoms with Gasteiger partial charge in [-0.2, -0.15) is 47.9 Å². The highest BCUT2D eigenvalue weighted by Crippen LogP contribution is 2.71. The van der Waals surface area contributed by atoms with Gasteiger partial charge in [-0.3, -0.25) is 0 Å². The van der Waals surface area contributed by atoms with Crippen molar-refractivity contribution in [3.05, 3.63) is 89.5 Å². The molecule has 0 unspecified atom stereocenters. The molecule has 0 spiro atoms. The molecule has 0 aliphatic rings. The van der Waals surface area contributed by atoms with Crippen LogP contribution in [0.1, 0.15) is 115 Å². The molecule has 0 atom stereocenters. The second-order valence-corrected chi connectivity index (χ2v) is 18.1. The first-order valence-electron chi connectivity index (χ1n) is 18.6. The van der Waals surface area contributed by atoms with Gasteiger partial charge in [0.05, 0.1) is 0 Å². The average Bonchev–Trinajstić information content (AvgIpc) is 3.13. The van der Waals surface area contributed by atoms with Crippen molar-refractivity contribution in [2.75, 3.05) is 0 Å². The number of hydrogen-bond donors (Lipinski definition) is 0. The van der Waals surface area contributed by atoms with Gasteiger partial charge >= 0.3 is 33.4 Å². The van der Waals surface area contributed by atoms with Crippen LogP contribution in [0, 0.1) is 0 Å². The van der Waals surface area contributed by atoms with Crippen LogP contribution in [0.5, 0.6) is 0 Å². The second-order valence-electron chi connectivity index (χ2n) is 13.6. The molecular formula is C40H51F9O3S2. The molecule has 0 aliphatic heterocycles. The Kier molecular flexibility index (Phi) is 16.4. The first-order chi connectivity index (χ1) is 25.3. The minimum Gasteiger partial charge on any atom is -0.202 e. The van der Waals surface area contributed by atoms with Crippen LogP contribution in [-0.2, 0) is 33.0 Å². The van der Waals surface area contributed by atoms with Crippen molar-refractivity contribution >= 4 is 20.4 Å². The van der Waals surface area contributed by atoms with E-state index in [0.717, 1.165) is 93.7 Å². The number of benzene rings is 3. The Morgan fingerprint density at radius 2 is 0.741 bits per heavy atom. The van der Waals surface area contributed by atoms with Crippen molar-refractivity contribution in [1.82, 2.24) is 0 Å². The molecule has 3 nitrogen and oxygen atoms in total. The van der Waals surface area contributed by atoms with E-state index in [0.29, 0.717) is 19.3 Å². The van der Waals surface area contributed by atoms with Crippen molar-refractivity contribution in [1.29, 1.82) is 0 Å². The van der Waals surface area contributed by atoms with Gasteiger partial charge in [0.1, 0.15) is 0 Å². The van der Waals surface area contributed by atoms with Crippen LogP contribution in [0.4, 0.5) is 39.5 Å². The van der Waals surface area contributed by atoms with Crippen molar-refractivity contribution in [3.8, 4) is 0 Å². The van der Waals surface area contributed by atoms with E-state index in [1.165, 1.54) is 36.4 Å². The molecule has 0 N–H and O–H groups in total. The lowest BCUT2D eigenvalue weighted by Gasteiger charge is -2.41. The molecule has 304 valence electrons. The number of unbranched alkanes of at least 4 members (excludes halogenated alkanes) is 9. The van der Waals surface area contributed by atoms with E-state index >= 15 is 8.78 Å². The molecule has 3 aromatic carbocycles. The molecule has 3 rings (SSSR count). The first kappa shape index (κ1) is 45.7. The fourth-order valence-electron chi connectivity index (χ4n) is 6.03. The Hall–Kier alpha value is -2.71. The van der Waals surface area contributed by atoms with Crippen LogP contribution in [0.25, 0.3) is 0 Å². The summed E-state index contributed by atoms with van der Waals surface area (Å²) < 4.78 is 160. The minimum absolute atomic E-state index is 0.0727. The molecule has 14 heteroatoms. The molecule has 54 heavy (non-hydrogen) atoms. The molecule has 0 bridgehead atoms. The molecular weight excluding hydrogens is 764 g/mol. The maximum absolute atomic E-state index is 15.5. The Balaban J connectivity index is 2.29. The summed E-state index contributed by atoms with van der Waals surface area (Å²) in [5.74, 6) is -14.9. The quantitative estimate of drug-likeness (QED) is 0.0707. The van der Waals surface area contributed by atoms with Crippen LogP contribution in [-0.4, -0.2) is 31.7 Å². The summed E-state index contributed by atoms with van der Waals surface area (Å²) in [6.07, 6.45) is 5.77. The molecule has 0 heterocycles. The summed E-state index contributed by atoms with van der Waals surface area (Å²) >= 11 is 0. The molecule has 0 fully saturated rings. The van der Waals surface area contributed by atoms with Gasteiger partial charge in [-0.05, 0) is 102 Å². The summed E-state index contributed by atoms with van der Waals surface area (Å²) in [5.41, 5.74) is 2.37. The third-order valence-electron chi connectivity index (χ3n) is 9.34. The lowest BCUT2D eigenvalue weighted by atomic mass is 10.1. The highest BCUT2D eigenvalue weighted by atomic mass is 32.3. The first-order valence-corrected chi connectivity index (χ1v) is 21.5. The Labute approximate surface area is 315 Å². The zero-order valence-electron chi connectivity index (χ0n) is 31.0. The van der Waals surface area contributed by atoms with Crippen LogP contribution in [0.15, 0.2) is 87.5 Å². The lowest BCUT2D eigenvalue weighted by Crippen LogP contribution is -2.63. The van der Waals surface area contributed by atoms with E-state index < -0.39 is 43.7 Å². The van der Waals surface area contributed by atoms with E-state index in [1.54, 1.807) is 36.4 Å². The third kappa shape index (κ3) is 10.4. The third-order valence-corrected chi connectivity index (χ3v) is 14.6. The Morgan fingerprint density at radius 1 is 0.444 bits per heavy atom. The van der Waals surface area contributed by atoms with Gasteiger partial charge in [0.2, 0.25) is 0 Å². The summed E-state index contributed by atoms with van der Waals surface area (Å²) in [7, 11) is -11.4. The SMILES string of the molecule is CCCCCCc1ccc(S(OS(=O)(=O)C(F)(F)C(F)(F)C(F)(F)C(F)(F)F)(c2ccc(CCCCCC)cc2)c2ccc(CCCCCC)cc2)cc1. The van der Waals surface area contributed by atoms with E-state index in [2.05, 4.69) is 0 Å². The molecule has 0 amide bonds. The maximum Gasteiger partial charge on any atom is 0.460 e. The van der Waals surface area contributed by atoms with Gasteiger partial charge in [0.15, 0.2) is 0 Å². The van der Waals surface area contributed by atoms with Gasteiger partial charge in [0, 0.05) is 14.7 Å². The van der Waals surface area contributed by atoms with Crippen LogP contribution in [0.2, 0.25) is 0 Å². The van der Waals surface area contributed by atoms with E-state index in [4.69, 9.17) is 3.63 Å². The fraction of sp³-hybridized carbons (Fsp3) is 0.550. The predicted octanol–water partition coefficient (Wildman–Crippen LogP) is 14.0. The number of aryl methyl sites for hydroxylation is 3. The van der Waals surface area contributed by atoms with Gasteiger partial charge in [-0.25, -0.2) is 3.63 Å². The molecule has 0 aromatic heterocycles. The fourth-order valence-corrected chi connectivity index (χ4v) is 11.2. The van der Waals surface area contributed by atoms with Crippen LogP contribution in [0.3, 0.4) is 0 Å². The molecule has 0 aliphatic carbocycles. The topological polar surface area (TPSA) is 43.4 Å². The zero-order valence-corrected chi connectivity index (χ0v) is 32.6. The standard InChI is InChI=1S/C40H51F9O3S2/c1-4-7-10-13-16-31-19-25-34(26-20-31)53(35-27-21-32(22-28-35)17-14-11-8-5-2,36-29-23-33(24-30-36)18-15-12-9-6-3)52-54(50,51)40(48,49)38(43,44)37(41,42)39(45,46)47/h19-30H,4-18H2,1-3H3. The molecule has 0 saturated heterocycles. The van der Waals surface area contributed by atoms with Crippen molar-refractivity contribution < 1.29 is 51.6 Å². The Morgan fingerprint density at radius 3 is 1.00 bits per heavy atom. The van der Waals surface area contributed by atoms with Gasteiger partial charge in [0.25, 0.3) is 0 Å². The van der Waals surface area contributed by atoms with Crippen molar-refractivity contribution in [2.24, 2.45) is 0 Å². The summed E-state index contributed by atoms with van der Waals surface area (Å²) in [4.78, 5) is -0.218. The van der Waals surface area contributed by atoms with Crippen molar-refractivity contribution in [3.63, 3.8) is 0 Å². The number of hydrogen-bond acceptors (Lipinski definition) is 3. The number of alkyl halides is 9. The van der Waals surface area contributed by atoms with Crippen LogP contribution < -0.4 is 0 Å². The number of rotatable bonds is 23. The summed E-state index contributed by atoms with van der Waals surface area (Å²) in [6.45, 7) is 6.15. The normalized spacial score (nSPS) is 13.7. The molecule has 0 saturated carbocycles. The highest BCUT2D eigenvalue weighted by Gasteiger charge is 2.86. The summed E-state index contributed by atoms with van der Waals surface area (Å²) in [5, 5.41) is -7.03.